The molecule has 0 aromatic carbocycles. The van der Waals surface area contributed by atoms with Crippen LogP contribution in [0.1, 0.15) is 50.6 Å². The molecule has 1 amide bonds. The first-order valence-electron chi connectivity index (χ1n) is 6.81. The first kappa shape index (κ1) is 12.6. The summed E-state index contributed by atoms with van der Waals surface area (Å²) in [6.45, 7) is 2.45. The van der Waals surface area contributed by atoms with Gasteiger partial charge in [-0.25, -0.2) is 9.78 Å². The number of carboxylic acid groups (broad SMARTS) is 1. The van der Waals surface area contributed by atoms with Crippen molar-refractivity contribution in [3.05, 3.63) is 33.5 Å². The van der Waals surface area contributed by atoms with E-state index in [4.69, 9.17) is 0 Å². The maximum Gasteiger partial charge on any atom is 0.356 e. The minimum absolute atomic E-state index is 0.00180. The molecule has 2 aliphatic heterocycles. The van der Waals surface area contributed by atoms with Crippen LogP contribution in [0.25, 0.3) is 5.69 Å². The third kappa shape index (κ3) is 1.55. The van der Waals surface area contributed by atoms with Crippen molar-refractivity contribution in [1.29, 1.82) is 0 Å². The van der Waals surface area contributed by atoms with Crippen LogP contribution in [-0.2, 0) is 0 Å². The highest BCUT2D eigenvalue weighted by Gasteiger charge is 2.41. The van der Waals surface area contributed by atoms with Gasteiger partial charge < -0.3 is 10.0 Å². The lowest BCUT2D eigenvalue weighted by Crippen LogP contribution is -2.29. The number of aromatic nitrogens is 2. The Morgan fingerprint density at radius 3 is 3.10 bits per heavy atom. The molecule has 0 aliphatic carbocycles. The van der Waals surface area contributed by atoms with E-state index in [-0.39, 0.29) is 17.6 Å². The van der Waals surface area contributed by atoms with Crippen molar-refractivity contribution in [2.24, 2.45) is 0 Å². The van der Waals surface area contributed by atoms with Crippen molar-refractivity contribution in [1.82, 2.24) is 14.5 Å². The number of fused-ring (bicyclic) bond motifs is 5. The molecule has 4 heterocycles. The largest absolute Gasteiger partial charge is 0.476 e. The molecule has 108 valence electrons. The van der Waals surface area contributed by atoms with Gasteiger partial charge in [0.15, 0.2) is 5.69 Å². The monoisotopic (exact) mass is 303 g/mol. The number of carboxylic acids is 1. The SMILES string of the molecule is Cc1nc(C(=O)O)c2n1-c1ccsc1C(=O)N1CCC[C@@H]21. The van der Waals surface area contributed by atoms with E-state index in [1.54, 1.807) is 11.8 Å². The van der Waals surface area contributed by atoms with E-state index in [9.17, 15) is 14.7 Å². The van der Waals surface area contributed by atoms with Gasteiger partial charge in [0.25, 0.3) is 5.91 Å². The lowest BCUT2D eigenvalue weighted by molar-refractivity contribution is 0.0674. The molecule has 2 aromatic rings. The summed E-state index contributed by atoms with van der Waals surface area (Å²) in [5.74, 6) is -0.421. The average Bonchev–Trinajstić information content (AvgIpc) is 3.12. The number of thiophene rings is 1. The van der Waals surface area contributed by atoms with Crippen molar-refractivity contribution in [2.45, 2.75) is 25.8 Å². The molecule has 6 nitrogen and oxygen atoms in total. The molecule has 0 unspecified atom stereocenters. The Balaban J connectivity index is 2.09. The van der Waals surface area contributed by atoms with E-state index >= 15 is 0 Å². The molecule has 0 spiro atoms. The van der Waals surface area contributed by atoms with Crippen LogP contribution in [0.2, 0.25) is 0 Å². The summed E-state index contributed by atoms with van der Waals surface area (Å²) in [5, 5.41) is 11.3. The molecule has 2 aliphatic rings. The summed E-state index contributed by atoms with van der Waals surface area (Å²) in [4.78, 5) is 30.9. The number of amides is 1. The molecule has 4 rings (SSSR count). The Labute approximate surface area is 124 Å². The number of nitrogens with zero attached hydrogens (tertiary/aromatic N) is 3. The van der Waals surface area contributed by atoms with E-state index in [1.165, 1.54) is 11.3 Å². The Morgan fingerprint density at radius 2 is 2.33 bits per heavy atom. The van der Waals surface area contributed by atoms with E-state index in [2.05, 4.69) is 4.98 Å². The minimum atomic E-state index is -1.04. The minimum Gasteiger partial charge on any atom is -0.476 e. The van der Waals surface area contributed by atoms with E-state index < -0.39 is 5.97 Å². The zero-order valence-electron chi connectivity index (χ0n) is 11.4. The molecule has 0 radical (unpaired) electrons. The fraction of sp³-hybridized carbons (Fsp3) is 0.357. The van der Waals surface area contributed by atoms with Gasteiger partial charge in [0, 0.05) is 6.54 Å². The summed E-state index contributed by atoms with van der Waals surface area (Å²) in [5.41, 5.74) is 1.46. The number of imidazole rings is 1. The van der Waals surface area contributed by atoms with Gasteiger partial charge in [-0.3, -0.25) is 9.36 Å². The lowest BCUT2D eigenvalue weighted by Gasteiger charge is -2.22. The van der Waals surface area contributed by atoms with Crippen LogP contribution < -0.4 is 0 Å². The van der Waals surface area contributed by atoms with Gasteiger partial charge >= 0.3 is 5.97 Å². The third-order valence-corrected chi connectivity index (χ3v) is 5.08. The zero-order valence-corrected chi connectivity index (χ0v) is 12.2. The summed E-state index contributed by atoms with van der Waals surface area (Å²) < 4.78 is 1.85. The van der Waals surface area contributed by atoms with Crippen LogP contribution >= 0.6 is 11.3 Å². The van der Waals surface area contributed by atoms with Crippen molar-refractivity contribution in [3.8, 4) is 5.69 Å². The molecule has 1 fully saturated rings. The van der Waals surface area contributed by atoms with Gasteiger partial charge in [0.2, 0.25) is 0 Å². The standard InChI is InChI=1S/C14H13N3O3S/c1-7-15-10(14(19)20)11-8-3-2-5-16(8)13(18)12-9(17(7)11)4-6-21-12/h4,6,8H,2-3,5H2,1H3,(H,19,20)/t8-/m0/s1. The van der Waals surface area contributed by atoms with E-state index in [1.807, 2.05) is 16.0 Å². The molecule has 1 atom stereocenters. The highest BCUT2D eigenvalue weighted by molar-refractivity contribution is 7.12. The first-order chi connectivity index (χ1) is 10.1. The topological polar surface area (TPSA) is 75.4 Å². The first-order valence-corrected chi connectivity index (χ1v) is 7.69. The second kappa shape index (κ2) is 4.17. The summed E-state index contributed by atoms with van der Waals surface area (Å²) >= 11 is 1.40. The van der Waals surface area contributed by atoms with Crippen LogP contribution in [-0.4, -0.2) is 38.0 Å². The van der Waals surface area contributed by atoms with Crippen LogP contribution in [0, 0.1) is 6.92 Å². The zero-order chi connectivity index (χ0) is 14.7. The summed E-state index contributed by atoms with van der Waals surface area (Å²) in [6, 6.07) is 1.67. The molecule has 1 N–H and O–H groups in total. The van der Waals surface area contributed by atoms with Gasteiger partial charge in [-0.2, -0.15) is 0 Å². The molecular weight excluding hydrogens is 290 g/mol. The average molecular weight is 303 g/mol. The second-order valence-electron chi connectivity index (χ2n) is 5.32. The predicted molar refractivity (Wildman–Crippen MR) is 76.1 cm³/mol. The number of carbonyl (C=O) groups is 2. The molecule has 21 heavy (non-hydrogen) atoms. The number of aromatic carboxylic acids is 1. The molecule has 7 heteroatoms. The van der Waals surface area contributed by atoms with Gasteiger partial charge in [-0.05, 0) is 31.2 Å². The fourth-order valence-corrected chi connectivity index (χ4v) is 4.21. The Morgan fingerprint density at radius 1 is 1.52 bits per heavy atom. The normalized spacial score (nSPS) is 20.0. The van der Waals surface area contributed by atoms with Crippen molar-refractivity contribution < 1.29 is 14.7 Å². The predicted octanol–water partition coefficient (Wildman–Crippen LogP) is 2.23. The third-order valence-electron chi connectivity index (χ3n) is 4.19. The molecular formula is C14H13N3O3S. The van der Waals surface area contributed by atoms with Crippen molar-refractivity contribution >= 4 is 23.2 Å². The molecule has 0 bridgehead atoms. The Bertz CT molecular complexity index is 777. The highest BCUT2D eigenvalue weighted by Crippen LogP contribution is 2.41. The lowest BCUT2D eigenvalue weighted by atomic mass is 10.1. The molecule has 0 saturated carbocycles. The number of rotatable bonds is 1. The molecule has 2 aromatic heterocycles. The van der Waals surface area contributed by atoms with Crippen LogP contribution in [0.15, 0.2) is 11.4 Å². The van der Waals surface area contributed by atoms with Crippen LogP contribution in [0.4, 0.5) is 0 Å². The maximum absolute atomic E-state index is 12.7. The number of carbonyl (C=O) groups excluding carboxylic acids is 1. The van der Waals surface area contributed by atoms with E-state index in [0.717, 1.165) is 18.5 Å². The Kier molecular flexibility index (Phi) is 2.50. The van der Waals surface area contributed by atoms with Gasteiger partial charge in [0.1, 0.15) is 10.7 Å². The highest BCUT2D eigenvalue weighted by atomic mass is 32.1. The smallest absolute Gasteiger partial charge is 0.356 e. The van der Waals surface area contributed by atoms with Crippen molar-refractivity contribution in [3.63, 3.8) is 0 Å². The van der Waals surface area contributed by atoms with Crippen LogP contribution in [0.3, 0.4) is 0 Å². The van der Waals surface area contributed by atoms with Gasteiger partial charge in [-0.1, -0.05) is 0 Å². The number of aryl methyl sites for hydroxylation is 1. The van der Waals surface area contributed by atoms with Gasteiger partial charge in [0.05, 0.1) is 17.4 Å². The summed E-state index contributed by atoms with van der Waals surface area (Å²) in [6.07, 6.45) is 1.67. The fourth-order valence-electron chi connectivity index (χ4n) is 3.38. The van der Waals surface area contributed by atoms with E-state index in [0.29, 0.717) is 22.9 Å². The Hall–Kier alpha value is -2.15. The molecule has 1 saturated heterocycles. The second-order valence-corrected chi connectivity index (χ2v) is 6.24. The number of hydrogen-bond acceptors (Lipinski definition) is 4. The van der Waals surface area contributed by atoms with Gasteiger partial charge in [-0.15, -0.1) is 11.3 Å². The summed E-state index contributed by atoms with van der Waals surface area (Å²) in [7, 11) is 0. The maximum atomic E-state index is 12.7. The quantitative estimate of drug-likeness (QED) is 0.876. The van der Waals surface area contributed by atoms with Crippen LogP contribution in [0.5, 0.6) is 0 Å². The van der Waals surface area contributed by atoms with Crippen molar-refractivity contribution in [2.75, 3.05) is 6.54 Å². The number of hydrogen-bond donors (Lipinski definition) is 1.